The maximum absolute atomic E-state index is 13.4. The lowest BCUT2D eigenvalue weighted by Gasteiger charge is -2.63. The fraction of sp³-hybridized carbons (Fsp3) is 0.405. The second-order valence-electron chi connectivity index (χ2n) is 16.0. The number of fused-ring (bicyclic) bond motifs is 1. The lowest BCUT2D eigenvalue weighted by atomic mass is 9.49. The van der Waals surface area contributed by atoms with Gasteiger partial charge in [-0.25, -0.2) is 0 Å². The molecule has 6 amide bonds. The van der Waals surface area contributed by atoms with Crippen LogP contribution in [0.4, 0.5) is 5.69 Å². The highest BCUT2D eigenvalue weighted by molar-refractivity contribution is 6.31. The summed E-state index contributed by atoms with van der Waals surface area (Å²) in [5.41, 5.74) is 2.24. The van der Waals surface area contributed by atoms with Crippen LogP contribution in [0.2, 0.25) is 5.02 Å². The number of nitrogens with zero attached hydrogens (tertiary/aromatic N) is 4. The van der Waals surface area contributed by atoms with E-state index >= 15 is 0 Å². The first kappa shape index (κ1) is 38.5. The van der Waals surface area contributed by atoms with Gasteiger partial charge in [-0.2, -0.15) is 5.26 Å². The molecular formula is C42H43ClN6O7. The SMILES string of the molecule is CC1(C)[C@H](NC(=O)c2ccc(CCC(=O)N3CCN(c4ccc5c(c4)C(=O)N(C4CCC(=O)NC4=O)C5=O)CC3)cc2)C(C)(C)[C@H]1Oc1ccc(C#N)c(Cl)c1. The third-order valence-electron chi connectivity index (χ3n) is 11.7. The van der Waals surface area contributed by atoms with E-state index < -0.39 is 40.5 Å². The number of benzene rings is 3. The van der Waals surface area contributed by atoms with E-state index in [-0.39, 0.29) is 47.9 Å². The van der Waals surface area contributed by atoms with Gasteiger partial charge in [0.15, 0.2) is 0 Å². The molecule has 3 aromatic carbocycles. The lowest BCUT2D eigenvalue weighted by Crippen LogP contribution is -2.74. The number of hydrogen-bond acceptors (Lipinski definition) is 9. The Kier molecular flexibility index (Phi) is 10.1. The van der Waals surface area contributed by atoms with Gasteiger partial charge in [-0.05, 0) is 60.9 Å². The highest BCUT2D eigenvalue weighted by atomic mass is 35.5. The molecule has 1 aliphatic carbocycles. The number of piperazine rings is 1. The summed E-state index contributed by atoms with van der Waals surface area (Å²) >= 11 is 6.22. The number of rotatable bonds is 9. The standard InChI is InChI=1S/C42H43ClN6O7/c1-41(2)39(42(3,4)40(41)56-28-12-10-26(23-44)31(43)22-28)46-35(52)25-8-5-24(6-9-25)7-16-34(51)48-19-17-47(18-20-48)27-11-13-29-30(21-27)38(55)49(37(29)54)32-14-15-33(50)45-36(32)53/h5-6,8-13,21-22,32,39-40H,7,14-20H2,1-4H3,(H,46,52)(H,45,50,53)/t32?,39-,40-. The summed E-state index contributed by atoms with van der Waals surface area (Å²) < 4.78 is 6.34. The lowest BCUT2D eigenvalue weighted by molar-refractivity contribution is -0.164. The average molecular weight is 779 g/mol. The molecule has 3 heterocycles. The quantitative estimate of drug-likeness (QED) is 0.297. The number of ether oxygens (including phenoxy) is 1. The molecular weight excluding hydrogens is 736 g/mol. The number of hydrogen-bond donors (Lipinski definition) is 2. The van der Waals surface area contributed by atoms with Crippen LogP contribution in [-0.4, -0.2) is 89.6 Å². The normalized spacial score (nSPS) is 22.5. The van der Waals surface area contributed by atoms with Gasteiger partial charge >= 0.3 is 0 Å². The Labute approximate surface area is 329 Å². The van der Waals surface area contributed by atoms with Crippen LogP contribution in [0.15, 0.2) is 60.7 Å². The molecule has 56 heavy (non-hydrogen) atoms. The number of piperidine rings is 1. The number of nitrogens with one attached hydrogen (secondary N) is 2. The molecule has 0 radical (unpaired) electrons. The van der Waals surface area contributed by atoms with Gasteiger partial charge in [-0.1, -0.05) is 51.4 Å². The van der Waals surface area contributed by atoms with Gasteiger partial charge in [0, 0.05) is 73.2 Å². The molecule has 290 valence electrons. The van der Waals surface area contributed by atoms with E-state index in [1.807, 2.05) is 17.0 Å². The summed E-state index contributed by atoms with van der Waals surface area (Å²) in [5, 5.41) is 14.9. The van der Waals surface area contributed by atoms with Crippen LogP contribution in [0.3, 0.4) is 0 Å². The summed E-state index contributed by atoms with van der Waals surface area (Å²) in [7, 11) is 0. The van der Waals surface area contributed by atoms with E-state index in [4.69, 9.17) is 16.3 Å². The number of imide groups is 2. The highest BCUT2D eigenvalue weighted by Gasteiger charge is 2.64. The molecule has 4 aliphatic rings. The van der Waals surface area contributed by atoms with Crippen LogP contribution < -0.4 is 20.3 Å². The Balaban J connectivity index is 0.884. The number of nitriles is 1. The fourth-order valence-corrected chi connectivity index (χ4v) is 9.12. The number of halogens is 1. The second-order valence-corrected chi connectivity index (χ2v) is 16.4. The summed E-state index contributed by atoms with van der Waals surface area (Å²) in [6, 6.07) is 18.2. The molecule has 0 bridgehead atoms. The first-order valence-electron chi connectivity index (χ1n) is 18.7. The zero-order valence-corrected chi connectivity index (χ0v) is 32.4. The maximum atomic E-state index is 13.4. The van der Waals surface area contributed by atoms with Gasteiger partial charge in [-0.3, -0.25) is 39.0 Å². The summed E-state index contributed by atoms with van der Waals surface area (Å²) in [6.07, 6.45) is 0.765. The molecule has 7 rings (SSSR count). The smallest absolute Gasteiger partial charge is 0.262 e. The molecule has 1 atom stereocenters. The van der Waals surface area contributed by atoms with E-state index in [0.717, 1.165) is 16.2 Å². The molecule has 13 nitrogen and oxygen atoms in total. The Morgan fingerprint density at radius 1 is 0.911 bits per heavy atom. The van der Waals surface area contributed by atoms with E-state index in [0.29, 0.717) is 60.9 Å². The monoisotopic (exact) mass is 778 g/mol. The van der Waals surface area contributed by atoms with Crippen LogP contribution in [0.1, 0.15) is 89.2 Å². The van der Waals surface area contributed by atoms with Gasteiger partial charge in [0.2, 0.25) is 17.7 Å². The van der Waals surface area contributed by atoms with Crippen molar-refractivity contribution in [1.82, 2.24) is 20.4 Å². The number of carbonyl (C=O) groups is 6. The van der Waals surface area contributed by atoms with E-state index in [2.05, 4.69) is 49.3 Å². The van der Waals surface area contributed by atoms with Gasteiger partial charge in [0.1, 0.15) is 24.0 Å². The molecule has 3 aromatic rings. The fourth-order valence-electron chi connectivity index (χ4n) is 8.91. The minimum absolute atomic E-state index is 0.0237. The van der Waals surface area contributed by atoms with Crippen molar-refractivity contribution < 1.29 is 33.5 Å². The van der Waals surface area contributed by atoms with Gasteiger partial charge in [-0.15, -0.1) is 0 Å². The second kappa shape index (κ2) is 14.7. The van der Waals surface area contributed by atoms with Crippen molar-refractivity contribution in [3.8, 4) is 11.8 Å². The zero-order chi connectivity index (χ0) is 40.1. The molecule has 3 fully saturated rings. The highest BCUT2D eigenvalue weighted by Crippen LogP contribution is 2.55. The van der Waals surface area contributed by atoms with Crippen molar-refractivity contribution in [3.05, 3.63) is 93.5 Å². The molecule has 0 spiro atoms. The molecule has 2 N–H and O–H groups in total. The van der Waals surface area contributed by atoms with Crippen molar-refractivity contribution in [2.75, 3.05) is 31.1 Å². The molecule has 1 saturated carbocycles. The third kappa shape index (κ3) is 6.98. The Bertz CT molecular complexity index is 2170. The minimum Gasteiger partial charge on any atom is -0.489 e. The van der Waals surface area contributed by atoms with Gasteiger partial charge < -0.3 is 19.9 Å². The predicted molar refractivity (Wildman–Crippen MR) is 206 cm³/mol. The molecule has 1 unspecified atom stereocenters. The number of aryl methyl sites for hydroxylation is 1. The predicted octanol–water partition coefficient (Wildman–Crippen LogP) is 4.51. The minimum atomic E-state index is -1.02. The van der Waals surface area contributed by atoms with Crippen molar-refractivity contribution in [3.63, 3.8) is 0 Å². The average Bonchev–Trinajstić information content (AvgIpc) is 3.42. The number of anilines is 1. The van der Waals surface area contributed by atoms with E-state index in [1.54, 1.807) is 48.5 Å². The Morgan fingerprint density at radius 3 is 2.23 bits per heavy atom. The Hall–Kier alpha value is -5.74. The molecule has 2 saturated heterocycles. The largest absolute Gasteiger partial charge is 0.489 e. The van der Waals surface area contributed by atoms with Gasteiger partial charge in [0.25, 0.3) is 17.7 Å². The van der Waals surface area contributed by atoms with Crippen LogP contribution in [0.5, 0.6) is 5.75 Å². The molecule has 3 aliphatic heterocycles. The zero-order valence-electron chi connectivity index (χ0n) is 31.7. The van der Waals surface area contributed by atoms with Crippen LogP contribution in [0, 0.1) is 22.2 Å². The number of carbonyl (C=O) groups excluding carboxylic acids is 6. The number of amides is 6. The Morgan fingerprint density at radius 2 is 1.59 bits per heavy atom. The van der Waals surface area contributed by atoms with E-state index in [9.17, 15) is 34.0 Å². The van der Waals surface area contributed by atoms with Crippen molar-refractivity contribution in [1.29, 1.82) is 5.26 Å². The summed E-state index contributed by atoms with van der Waals surface area (Å²) in [5.74, 6) is -1.77. The first-order chi connectivity index (χ1) is 26.6. The third-order valence-corrected chi connectivity index (χ3v) is 12.0. The molecule has 14 heteroatoms. The van der Waals surface area contributed by atoms with Crippen molar-refractivity contribution >= 4 is 52.7 Å². The van der Waals surface area contributed by atoms with Crippen LogP contribution in [-0.2, 0) is 20.8 Å². The first-order valence-corrected chi connectivity index (χ1v) is 19.1. The maximum Gasteiger partial charge on any atom is 0.262 e. The molecule has 0 aromatic heterocycles. The van der Waals surface area contributed by atoms with Crippen LogP contribution in [0.25, 0.3) is 0 Å². The van der Waals surface area contributed by atoms with Crippen molar-refractivity contribution in [2.45, 2.75) is 71.6 Å². The van der Waals surface area contributed by atoms with E-state index in [1.165, 1.54) is 0 Å². The van der Waals surface area contributed by atoms with Gasteiger partial charge in [0.05, 0.1) is 21.7 Å². The summed E-state index contributed by atoms with van der Waals surface area (Å²) in [6.45, 7) is 10.3. The van der Waals surface area contributed by atoms with Crippen LogP contribution >= 0.6 is 11.6 Å². The summed E-state index contributed by atoms with van der Waals surface area (Å²) in [4.78, 5) is 81.7. The van der Waals surface area contributed by atoms with Crippen molar-refractivity contribution in [2.24, 2.45) is 10.8 Å². The topological polar surface area (TPSA) is 169 Å².